The Bertz CT molecular complexity index is 874. The quantitative estimate of drug-likeness (QED) is 0.389. The van der Waals surface area contributed by atoms with Crippen molar-refractivity contribution in [3.63, 3.8) is 0 Å². The highest BCUT2D eigenvalue weighted by atomic mass is 32.2. The molecule has 1 heterocycles. The van der Waals surface area contributed by atoms with Gasteiger partial charge in [-0.25, -0.2) is 18.4 Å². The highest BCUT2D eigenvalue weighted by Gasteiger charge is 2.51. The third-order valence-electron chi connectivity index (χ3n) is 5.35. The van der Waals surface area contributed by atoms with Crippen LogP contribution in [0.25, 0.3) is 0 Å². The number of rotatable bonds is 7. The van der Waals surface area contributed by atoms with Crippen molar-refractivity contribution < 1.29 is 32.3 Å². The number of likely N-dealkylation sites (tertiary alicyclic amines) is 1. The zero-order valence-electron chi connectivity index (χ0n) is 16.1. The molecule has 1 saturated heterocycles. The molecule has 2 amide bonds. The summed E-state index contributed by atoms with van der Waals surface area (Å²) < 4.78 is 32.9. The molecule has 3 rings (SSSR count). The molecule has 0 aromatic heterocycles. The third kappa shape index (κ3) is 4.59. The van der Waals surface area contributed by atoms with Crippen molar-refractivity contribution in [2.75, 3.05) is 13.2 Å². The predicted octanol–water partition coefficient (Wildman–Crippen LogP) is 0.820. The number of hydrogen-bond donors (Lipinski definition) is 1. The van der Waals surface area contributed by atoms with Gasteiger partial charge in [-0.05, 0) is 44.0 Å². The lowest BCUT2D eigenvalue weighted by atomic mass is 9.81. The number of ether oxygens (including phenoxy) is 2. The fourth-order valence-corrected chi connectivity index (χ4v) is 4.34. The van der Waals surface area contributed by atoms with Gasteiger partial charge < -0.3 is 9.47 Å². The maximum Gasteiger partial charge on any atom is 0.329 e. The van der Waals surface area contributed by atoms with Crippen LogP contribution in [0, 0.1) is 11.8 Å². The van der Waals surface area contributed by atoms with Crippen molar-refractivity contribution in [3.8, 4) is 5.75 Å². The number of esters is 1. The molecule has 0 spiro atoms. The highest BCUT2D eigenvalue weighted by molar-refractivity contribution is 7.89. The highest BCUT2D eigenvalue weighted by Crippen LogP contribution is 2.38. The first kappa shape index (κ1) is 21.3. The molecule has 158 valence electrons. The summed E-state index contributed by atoms with van der Waals surface area (Å²) in [6.45, 7) is 1.44. The van der Waals surface area contributed by atoms with Gasteiger partial charge in [0, 0.05) is 0 Å². The number of benzene rings is 1. The molecule has 3 atom stereocenters. The van der Waals surface area contributed by atoms with E-state index in [0.717, 1.165) is 17.7 Å². The van der Waals surface area contributed by atoms with E-state index in [2.05, 4.69) is 0 Å². The van der Waals surface area contributed by atoms with Crippen LogP contribution < -0.4 is 9.88 Å². The van der Waals surface area contributed by atoms with E-state index in [1.54, 1.807) is 0 Å². The summed E-state index contributed by atoms with van der Waals surface area (Å²) in [6, 6.07) is 4.52. The van der Waals surface area contributed by atoms with Gasteiger partial charge in [-0.3, -0.25) is 14.5 Å². The average Bonchev–Trinajstić information content (AvgIpc) is 2.95. The summed E-state index contributed by atoms with van der Waals surface area (Å²) in [7, 11) is -3.78. The van der Waals surface area contributed by atoms with Crippen LogP contribution in [0.3, 0.4) is 0 Å². The molecule has 2 aliphatic rings. The van der Waals surface area contributed by atoms with Crippen molar-refractivity contribution in [1.82, 2.24) is 4.90 Å². The Morgan fingerprint density at radius 2 is 1.66 bits per heavy atom. The first-order chi connectivity index (χ1) is 13.7. The molecule has 29 heavy (non-hydrogen) atoms. The van der Waals surface area contributed by atoms with E-state index in [1.165, 1.54) is 31.2 Å². The van der Waals surface area contributed by atoms with Gasteiger partial charge in [0.05, 0.1) is 16.7 Å². The lowest BCUT2D eigenvalue weighted by molar-refractivity contribution is -0.158. The van der Waals surface area contributed by atoms with E-state index in [1.807, 2.05) is 0 Å². The van der Waals surface area contributed by atoms with E-state index in [-0.39, 0.29) is 41.8 Å². The van der Waals surface area contributed by atoms with Gasteiger partial charge >= 0.3 is 5.97 Å². The fourth-order valence-electron chi connectivity index (χ4n) is 3.82. The number of amides is 2. The Labute approximate surface area is 169 Å². The van der Waals surface area contributed by atoms with E-state index in [4.69, 9.17) is 14.6 Å². The van der Waals surface area contributed by atoms with Gasteiger partial charge in [0.2, 0.25) is 21.8 Å². The summed E-state index contributed by atoms with van der Waals surface area (Å²) >= 11 is 0. The van der Waals surface area contributed by atoms with Crippen LogP contribution in [0.2, 0.25) is 0 Å². The third-order valence-corrected chi connectivity index (χ3v) is 6.28. The SMILES string of the molecule is C[C@@H](C(=O)OCCOc1ccc(S(N)(=O)=O)cc1)N1C(=O)C2CCCCC2C1=O. The molecule has 1 aliphatic heterocycles. The molecular weight excluding hydrogens is 400 g/mol. The second kappa shape index (κ2) is 8.50. The number of fused-ring (bicyclic) bond motifs is 1. The Morgan fingerprint density at radius 1 is 1.10 bits per heavy atom. The van der Waals surface area contributed by atoms with Gasteiger partial charge in [0.1, 0.15) is 25.0 Å². The van der Waals surface area contributed by atoms with E-state index < -0.39 is 22.0 Å². The Hall–Kier alpha value is -2.46. The lowest BCUT2D eigenvalue weighted by Crippen LogP contribution is -2.44. The predicted molar refractivity (Wildman–Crippen MR) is 101 cm³/mol. The maximum absolute atomic E-state index is 12.5. The smallest absolute Gasteiger partial charge is 0.329 e. The summed E-state index contributed by atoms with van der Waals surface area (Å²) in [5.74, 6) is -1.47. The first-order valence-corrected chi connectivity index (χ1v) is 11.0. The van der Waals surface area contributed by atoms with Crippen molar-refractivity contribution in [3.05, 3.63) is 24.3 Å². The summed E-state index contributed by atoms with van der Waals surface area (Å²) in [5, 5.41) is 5.02. The average molecular weight is 424 g/mol. The summed E-state index contributed by atoms with van der Waals surface area (Å²) in [5.41, 5.74) is 0. The Balaban J connectivity index is 1.48. The standard InChI is InChI=1S/C19H24N2O7S/c1-12(21-17(22)15-4-2-3-5-16(15)18(21)23)19(24)28-11-10-27-13-6-8-14(9-7-13)29(20,25)26/h6-9,12,15-16H,2-5,10-11H2,1H3,(H2,20,25,26)/t12-,15?,16?/m0/s1. The van der Waals surface area contributed by atoms with Crippen molar-refractivity contribution in [2.24, 2.45) is 17.0 Å². The van der Waals surface area contributed by atoms with Crippen molar-refractivity contribution >= 4 is 27.8 Å². The molecule has 1 aromatic rings. The van der Waals surface area contributed by atoms with Crippen LogP contribution in [0.15, 0.2) is 29.2 Å². The summed E-state index contributed by atoms with van der Waals surface area (Å²) in [4.78, 5) is 38.4. The molecule has 1 saturated carbocycles. The van der Waals surface area contributed by atoms with Crippen LogP contribution in [0.5, 0.6) is 5.75 Å². The number of carbonyl (C=O) groups is 3. The molecule has 2 N–H and O–H groups in total. The minimum absolute atomic E-state index is 0.0281. The molecule has 2 fully saturated rings. The molecule has 1 aliphatic carbocycles. The Kier molecular flexibility index (Phi) is 6.23. The normalized spacial score (nSPS) is 22.9. The molecule has 9 nitrogen and oxygen atoms in total. The van der Waals surface area contributed by atoms with E-state index in [9.17, 15) is 22.8 Å². The zero-order chi connectivity index (χ0) is 21.2. The molecule has 10 heteroatoms. The molecule has 2 unspecified atom stereocenters. The van der Waals surface area contributed by atoms with Crippen LogP contribution >= 0.6 is 0 Å². The Morgan fingerprint density at radius 3 is 2.17 bits per heavy atom. The summed E-state index contributed by atoms with van der Waals surface area (Å²) in [6.07, 6.45) is 3.21. The second-order valence-electron chi connectivity index (χ2n) is 7.25. The number of imide groups is 1. The molecule has 0 bridgehead atoms. The second-order valence-corrected chi connectivity index (χ2v) is 8.81. The minimum atomic E-state index is -3.78. The molecule has 1 aromatic carbocycles. The first-order valence-electron chi connectivity index (χ1n) is 9.49. The van der Waals surface area contributed by atoms with Crippen LogP contribution in [-0.2, 0) is 29.1 Å². The van der Waals surface area contributed by atoms with Crippen LogP contribution in [-0.4, -0.2) is 50.4 Å². The number of primary sulfonamides is 1. The minimum Gasteiger partial charge on any atom is -0.490 e. The molecular formula is C19H24N2O7S. The number of carbonyl (C=O) groups excluding carboxylic acids is 3. The fraction of sp³-hybridized carbons (Fsp3) is 0.526. The van der Waals surface area contributed by atoms with Crippen molar-refractivity contribution in [1.29, 1.82) is 0 Å². The van der Waals surface area contributed by atoms with E-state index in [0.29, 0.717) is 18.6 Å². The van der Waals surface area contributed by atoms with Gasteiger partial charge in [-0.2, -0.15) is 0 Å². The lowest BCUT2D eigenvalue weighted by Gasteiger charge is -2.21. The number of nitrogens with zero attached hydrogens (tertiary/aromatic N) is 1. The number of sulfonamides is 1. The van der Waals surface area contributed by atoms with Gasteiger partial charge in [0.25, 0.3) is 0 Å². The molecule has 0 radical (unpaired) electrons. The van der Waals surface area contributed by atoms with E-state index >= 15 is 0 Å². The van der Waals surface area contributed by atoms with Crippen LogP contribution in [0.4, 0.5) is 0 Å². The van der Waals surface area contributed by atoms with Gasteiger partial charge in [0.15, 0.2) is 0 Å². The maximum atomic E-state index is 12.5. The number of hydrogen-bond acceptors (Lipinski definition) is 7. The van der Waals surface area contributed by atoms with Gasteiger partial charge in [-0.1, -0.05) is 12.8 Å². The zero-order valence-corrected chi connectivity index (χ0v) is 16.9. The monoisotopic (exact) mass is 424 g/mol. The van der Waals surface area contributed by atoms with Gasteiger partial charge in [-0.15, -0.1) is 0 Å². The van der Waals surface area contributed by atoms with Crippen LogP contribution in [0.1, 0.15) is 32.6 Å². The largest absolute Gasteiger partial charge is 0.490 e. The van der Waals surface area contributed by atoms with Crippen molar-refractivity contribution in [2.45, 2.75) is 43.5 Å². The topological polar surface area (TPSA) is 133 Å². The number of nitrogens with two attached hydrogens (primary N) is 1.